The Bertz CT molecular complexity index is 1330. The van der Waals surface area contributed by atoms with Gasteiger partial charge in [0.1, 0.15) is 6.04 Å². The van der Waals surface area contributed by atoms with Crippen molar-refractivity contribution in [1.82, 2.24) is 0 Å². The second kappa shape index (κ2) is 9.55. The van der Waals surface area contributed by atoms with E-state index in [0.29, 0.717) is 4.90 Å². The van der Waals surface area contributed by atoms with Gasteiger partial charge in [0.05, 0.1) is 9.79 Å². The molecule has 1 N–H and O–H groups in total. The number of anilines is 1. The topological polar surface area (TPSA) is 46.2 Å². The monoisotopic (exact) mass is 437 g/mol. The summed E-state index contributed by atoms with van der Waals surface area (Å²) < 4.78 is 25.8. The highest BCUT2D eigenvalue weighted by molar-refractivity contribution is 7.91. The molecule has 4 aromatic carbocycles. The highest BCUT2D eigenvalue weighted by atomic mass is 32.2. The average molecular weight is 438 g/mol. The summed E-state index contributed by atoms with van der Waals surface area (Å²) in [6.07, 6.45) is 0. The molecule has 0 bridgehead atoms. The zero-order chi connectivity index (χ0) is 22.4. The lowest BCUT2D eigenvalue weighted by Crippen LogP contribution is -2.09. The Balaban J connectivity index is 1.59. The van der Waals surface area contributed by atoms with E-state index in [4.69, 9.17) is 0 Å². The number of nitrogens with one attached hydrogen (secondary N) is 1. The molecule has 0 saturated heterocycles. The summed E-state index contributed by atoms with van der Waals surface area (Å²) in [6, 6.07) is 33.3. The molecule has 0 saturated carbocycles. The molecule has 4 aromatic rings. The maximum Gasteiger partial charge on any atom is 0.206 e. The summed E-state index contributed by atoms with van der Waals surface area (Å²) in [5.41, 5.74) is 3.79. The van der Waals surface area contributed by atoms with Crippen molar-refractivity contribution < 1.29 is 8.42 Å². The highest BCUT2D eigenvalue weighted by Crippen LogP contribution is 2.25. The van der Waals surface area contributed by atoms with E-state index in [-0.39, 0.29) is 10.9 Å². The lowest BCUT2D eigenvalue weighted by atomic mass is 10.1. The largest absolute Gasteiger partial charge is 0.368 e. The first-order valence-corrected chi connectivity index (χ1v) is 11.8. The summed E-state index contributed by atoms with van der Waals surface area (Å²) in [4.78, 5) is 0.554. The van der Waals surface area contributed by atoms with Gasteiger partial charge in [-0.05, 0) is 61.0 Å². The number of benzene rings is 4. The fraction of sp³-hybridized carbons (Fsp3) is 0.0714. The second-order valence-electron chi connectivity index (χ2n) is 7.46. The van der Waals surface area contributed by atoms with Gasteiger partial charge in [-0.2, -0.15) is 0 Å². The molecule has 0 spiro atoms. The van der Waals surface area contributed by atoms with Crippen LogP contribution in [-0.2, 0) is 9.84 Å². The van der Waals surface area contributed by atoms with Crippen LogP contribution in [0.3, 0.4) is 0 Å². The Kier molecular flexibility index (Phi) is 6.39. The van der Waals surface area contributed by atoms with Gasteiger partial charge >= 0.3 is 0 Å². The Labute approximate surface area is 189 Å². The smallest absolute Gasteiger partial charge is 0.206 e. The summed E-state index contributed by atoms with van der Waals surface area (Å²) in [5, 5.41) is 3.42. The van der Waals surface area contributed by atoms with Crippen molar-refractivity contribution in [2.45, 2.75) is 22.8 Å². The predicted octanol–water partition coefficient (Wildman–Crippen LogP) is 6.03. The molecule has 1 atom stereocenters. The lowest BCUT2D eigenvalue weighted by Gasteiger charge is -2.15. The van der Waals surface area contributed by atoms with Crippen molar-refractivity contribution >= 4 is 15.5 Å². The first kappa shape index (κ1) is 21.4. The van der Waals surface area contributed by atoms with Crippen molar-refractivity contribution in [3.63, 3.8) is 0 Å². The SMILES string of the molecule is Cc1ccc(S(=O)(=O)c2ccc(NC(C#Cc3ccccc3)c3ccccc3)cc2)cc1. The number of aryl methyl sites for hydroxylation is 1. The van der Waals surface area contributed by atoms with Crippen LogP contribution in [0.5, 0.6) is 0 Å². The fourth-order valence-electron chi connectivity index (χ4n) is 3.28. The normalized spacial score (nSPS) is 11.8. The van der Waals surface area contributed by atoms with E-state index < -0.39 is 9.84 Å². The molecule has 32 heavy (non-hydrogen) atoms. The molecule has 0 aromatic heterocycles. The Morgan fingerprint density at radius 1 is 0.688 bits per heavy atom. The highest BCUT2D eigenvalue weighted by Gasteiger charge is 2.17. The molecular weight excluding hydrogens is 414 g/mol. The van der Waals surface area contributed by atoms with Crippen molar-refractivity contribution in [2.75, 3.05) is 5.32 Å². The van der Waals surface area contributed by atoms with Crippen LogP contribution in [0.25, 0.3) is 0 Å². The van der Waals surface area contributed by atoms with Crippen LogP contribution in [0.4, 0.5) is 5.69 Å². The van der Waals surface area contributed by atoms with Crippen molar-refractivity contribution in [2.24, 2.45) is 0 Å². The van der Waals surface area contributed by atoms with Crippen LogP contribution < -0.4 is 5.32 Å². The number of hydrogen-bond donors (Lipinski definition) is 1. The number of sulfone groups is 1. The molecule has 0 aliphatic heterocycles. The van der Waals surface area contributed by atoms with Crippen LogP contribution in [0.2, 0.25) is 0 Å². The van der Waals surface area contributed by atoms with E-state index in [1.807, 2.05) is 67.6 Å². The molecule has 0 fully saturated rings. The zero-order valence-electron chi connectivity index (χ0n) is 17.7. The third-order valence-corrected chi connectivity index (χ3v) is 6.86. The first-order valence-electron chi connectivity index (χ1n) is 10.3. The lowest BCUT2D eigenvalue weighted by molar-refractivity contribution is 0.596. The van der Waals surface area contributed by atoms with Gasteiger partial charge in [-0.1, -0.05) is 78.1 Å². The molecule has 4 heteroatoms. The minimum atomic E-state index is -3.56. The van der Waals surface area contributed by atoms with Gasteiger partial charge < -0.3 is 5.32 Å². The van der Waals surface area contributed by atoms with Gasteiger partial charge in [-0.15, -0.1) is 0 Å². The van der Waals surface area contributed by atoms with Crippen molar-refractivity contribution in [1.29, 1.82) is 0 Å². The quantitative estimate of drug-likeness (QED) is 0.388. The Hall–Kier alpha value is -3.81. The van der Waals surface area contributed by atoms with Gasteiger partial charge in [-0.25, -0.2) is 8.42 Å². The van der Waals surface area contributed by atoms with E-state index in [1.165, 1.54) is 0 Å². The third-order valence-electron chi connectivity index (χ3n) is 5.07. The van der Waals surface area contributed by atoms with E-state index in [2.05, 4.69) is 17.2 Å². The van der Waals surface area contributed by atoms with Gasteiger partial charge in [-0.3, -0.25) is 0 Å². The molecule has 4 rings (SSSR count). The summed E-state index contributed by atoms with van der Waals surface area (Å²) in [5.74, 6) is 6.51. The minimum absolute atomic E-state index is 0.240. The maximum absolute atomic E-state index is 12.9. The Morgan fingerprint density at radius 2 is 1.22 bits per heavy atom. The zero-order valence-corrected chi connectivity index (χ0v) is 18.5. The fourth-order valence-corrected chi connectivity index (χ4v) is 4.54. The molecular formula is C28H23NO2S. The van der Waals surface area contributed by atoms with Crippen molar-refractivity contribution in [3.8, 4) is 11.8 Å². The Morgan fingerprint density at radius 3 is 1.81 bits per heavy atom. The van der Waals surface area contributed by atoms with Gasteiger partial charge in [0, 0.05) is 11.3 Å². The third kappa shape index (κ3) is 5.08. The van der Waals surface area contributed by atoms with E-state index in [0.717, 1.165) is 22.4 Å². The van der Waals surface area contributed by atoms with Gasteiger partial charge in [0.15, 0.2) is 0 Å². The van der Waals surface area contributed by atoms with E-state index in [9.17, 15) is 8.42 Å². The molecule has 0 aliphatic carbocycles. The molecule has 158 valence electrons. The average Bonchev–Trinajstić information content (AvgIpc) is 2.83. The van der Waals surface area contributed by atoms with E-state index >= 15 is 0 Å². The molecule has 0 amide bonds. The van der Waals surface area contributed by atoms with Crippen LogP contribution in [0.15, 0.2) is 119 Å². The molecule has 3 nitrogen and oxygen atoms in total. The van der Waals surface area contributed by atoms with Gasteiger partial charge in [0.25, 0.3) is 0 Å². The van der Waals surface area contributed by atoms with E-state index in [1.54, 1.807) is 48.5 Å². The number of rotatable bonds is 5. The summed E-state index contributed by atoms with van der Waals surface area (Å²) >= 11 is 0. The first-order chi connectivity index (χ1) is 15.5. The van der Waals surface area contributed by atoms with Crippen LogP contribution in [0.1, 0.15) is 22.7 Å². The molecule has 0 heterocycles. The minimum Gasteiger partial charge on any atom is -0.368 e. The van der Waals surface area contributed by atoms with Crippen molar-refractivity contribution in [3.05, 3.63) is 126 Å². The molecule has 0 radical (unpaired) electrons. The summed E-state index contributed by atoms with van der Waals surface area (Å²) in [6.45, 7) is 1.93. The number of hydrogen-bond acceptors (Lipinski definition) is 3. The molecule has 0 aliphatic rings. The van der Waals surface area contributed by atoms with Crippen LogP contribution in [0, 0.1) is 18.8 Å². The summed E-state index contributed by atoms with van der Waals surface area (Å²) in [7, 11) is -3.56. The molecule has 1 unspecified atom stereocenters. The van der Waals surface area contributed by atoms with Crippen LogP contribution in [-0.4, -0.2) is 8.42 Å². The standard InChI is InChI=1S/C28H23NO2S/c1-22-12-17-26(18-13-22)32(30,31)27-19-15-25(16-20-27)29-28(24-10-6-3-7-11-24)21-14-23-8-4-2-5-9-23/h2-13,15-20,28-29H,1H3. The van der Waals surface area contributed by atoms with Crippen LogP contribution >= 0.6 is 0 Å². The predicted molar refractivity (Wildman–Crippen MR) is 129 cm³/mol. The maximum atomic E-state index is 12.9. The van der Waals surface area contributed by atoms with Gasteiger partial charge in [0.2, 0.25) is 9.84 Å². The second-order valence-corrected chi connectivity index (χ2v) is 9.41.